The predicted molar refractivity (Wildman–Crippen MR) is 116 cm³/mol. The summed E-state index contributed by atoms with van der Waals surface area (Å²) in [4.78, 5) is 28.6. The van der Waals surface area contributed by atoms with Crippen molar-refractivity contribution in [2.45, 2.75) is 25.5 Å². The highest BCUT2D eigenvalue weighted by atomic mass is 79.9. The topological polar surface area (TPSA) is 91.2 Å². The number of aromatic nitrogens is 3. The zero-order valence-electron chi connectivity index (χ0n) is 15.9. The molecule has 0 bridgehead atoms. The van der Waals surface area contributed by atoms with Crippen LogP contribution in [0.1, 0.15) is 28.3 Å². The van der Waals surface area contributed by atoms with Gasteiger partial charge < -0.3 is 15.3 Å². The minimum Gasteiger partial charge on any atom is -0.389 e. The second-order valence-corrected chi connectivity index (χ2v) is 8.85. The number of nitrogens with zero attached hydrogens (tertiary/aromatic N) is 4. The van der Waals surface area contributed by atoms with E-state index in [4.69, 9.17) is 0 Å². The molecule has 0 radical (unpaired) electrons. The Kier molecular flexibility index (Phi) is 6.35. The summed E-state index contributed by atoms with van der Waals surface area (Å²) >= 11 is 4.55. The largest absolute Gasteiger partial charge is 0.389 e. The molecule has 1 atom stereocenters. The standard InChI is InChI=1S/C20H19BrFN5O2S/c21-13-8-23-20(24-9-13)25-10-15-2-1-7-27(15)19(29)17-18(30-16(11-28)26-17)12-3-5-14(22)6-4-12/h3-6,8-9,15,28H,1-2,7,10-11H2,(H,23,24,25). The summed E-state index contributed by atoms with van der Waals surface area (Å²) in [5, 5.41) is 13.2. The van der Waals surface area contributed by atoms with E-state index in [9.17, 15) is 14.3 Å². The first-order chi connectivity index (χ1) is 14.5. The molecule has 2 aromatic heterocycles. The van der Waals surface area contributed by atoms with Crippen LogP contribution in [0.25, 0.3) is 10.4 Å². The van der Waals surface area contributed by atoms with Gasteiger partial charge in [-0.1, -0.05) is 12.1 Å². The Bertz CT molecular complexity index is 1030. The van der Waals surface area contributed by atoms with Crippen LogP contribution >= 0.6 is 27.3 Å². The van der Waals surface area contributed by atoms with Crippen molar-refractivity contribution in [3.05, 3.63) is 57.7 Å². The molecule has 3 heterocycles. The van der Waals surface area contributed by atoms with E-state index in [1.807, 2.05) is 0 Å². The van der Waals surface area contributed by atoms with Crippen molar-refractivity contribution < 1.29 is 14.3 Å². The minimum absolute atomic E-state index is 0.0231. The molecule has 1 aromatic carbocycles. The molecule has 10 heteroatoms. The van der Waals surface area contributed by atoms with E-state index in [0.717, 1.165) is 17.3 Å². The van der Waals surface area contributed by atoms with Gasteiger partial charge in [-0.3, -0.25) is 4.79 Å². The Morgan fingerprint density at radius 3 is 2.73 bits per heavy atom. The number of aliphatic hydroxyl groups is 1. The first-order valence-electron chi connectivity index (χ1n) is 9.44. The third-order valence-corrected chi connectivity index (χ3v) is 6.37. The number of hydrogen-bond acceptors (Lipinski definition) is 7. The molecule has 1 aliphatic rings. The number of carbonyl (C=O) groups is 1. The van der Waals surface area contributed by atoms with E-state index in [0.29, 0.717) is 40.2 Å². The fraction of sp³-hybridized carbons (Fsp3) is 0.300. The van der Waals surface area contributed by atoms with Crippen LogP contribution in [-0.4, -0.2) is 50.0 Å². The zero-order valence-corrected chi connectivity index (χ0v) is 18.3. The molecule has 1 unspecified atom stereocenters. The number of carbonyl (C=O) groups excluding carboxylic acids is 1. The lowest BCUT2D eigenvalue weighted by Crippen LogP contribution is -2.40. The molecule has 0 aliphatic carbocycles. The molecule has 1 fully saturated rings. The van der Waals surface area contributed by atoms with E-state index in [1.165, 1.54) is 23.5 Å². The van der Waals surface area contributed by atoms with Crippen LogP contribution < -0.4 is 5.32 Å². The Labute approximate surface area is 185 Å². The van der Waals surface area contributed by atoms with Crippen LogP contribution in [0.5, 0.6) is 0 Å². The van der Waals surface area contributed by atoms with Gasteiger partial charge in [-0.05, 0) is 46.5 Å². The number of anilines is 1. The summed E-state index contributed by atoms with van der Waals surface area (Å²) in [5.74, 6) is -0.0357. The highest BCUT2D eigenvalue weighted by Crippen LogP contribution is 2.33. The third-order valence-electron chi connectivity index (χ3n) is 4.87. The number of amides is 1. The molecule has 30 heavy (non-hydrogen) atoms. The van der Waals surface area contributed by atoms with Crippen molar-refractivity contribution in [1.82, 2.24) is 19.9 Å². The van der Waals surface area contributed by atoms with Crippen LogP contribution in [0.3, 0.4) is 0 Å². The molecule has 156 valence electrons. The lowest BCUT2D eigenvalue weighted by Gasteiger charge is -2.24. The number of benzene rings is 1. The fourth-order valence-corrected chi connectivity index (χ4v) is 4.56. The Morgan fingerprint density at radius 1 is 1.30 bits per heavy atom. The monoisotopic (exact) mass is 491 g/mol. The molecule has 0 saturated carbocycles. The SMILES string of the molecule is O=C(c1nc(CO)sc1-c1ccc(F)cc1)N1CCCC1CNc1ncc(Br)cn1. The molecule has 3 aromatic rings. The van der Waals surface area contributed by atoms with Gasteiger partial charge in [-0.25, -0.2) is 19.3 Å². The smallest absolute Gasteiger partial charge is 0.274 e. The quantitative estimate of drug-likeness (QED) is 0.546. The number of rotatable bonds is 6. The van der Waals surface area contributed by atoms with Crippen LogP contribution in [0, 0.1) is 5.82 Å². The van der Waals surface area contributed by atoms with Gasteiger partial charge in [-0.15, -0.1) is 11.3 Å². The van der Waals surface area contributed by atoms with Crippen LogP contribution in [0.4, 0.5) is 10.3 Å². The number of likely N-dealkylation sites (tertiary alicyclic amines) is 1. The van der Waals surface area contributed by atoms with E-state index in [-0.39, 0.29) is 24.4 Å². The van der Waals surface area contributed by atoms with Crippen LogP contribution in [0.15, 0.2) is 41.1 Å². The summed E-state index contributed by atoms with van der Waals surface area (Å²) in [6.07, 6.45) is 5.07. The van der Waals surface area contributed by atoms with Crippen LogP contribution in [-0.2, 0) is 6.61 Å². The molecule has 0 spiro atoms. The third kappa shape index (κ3) is 4.50. The van der Waals surface area contributed by atoms with Crippen molar-refractivity contribution in [1.29, 1.82) is 0 Å². The van der Waals surface area contributed by atoms with Gasteiger partial charge in [0.05, 0.1) is 16.0 Å². The van der Waals surface area contributed by atoms with Gasteiger partial charge in [0, 0.05) is 31.5 Å². The van der Waals surface area contributed by atoms with Gasteiger partial charge in [0.2, 0.25) is 5.95 Å². The second-order valence-electron chi connectivity index (χ2n) is 6.85. The normalized spacial score (nSPS) is 16.1. The number of thiazole rings is 1. The molecule has 2 N–H and O–H groups in total. The summed E-state index contributed by atoms with van der Waals surface area (Å²) in [6.45, 7) is 0.898. The average molecular weight is 492 g/mol. The van der Waals surface area contributed by atoms with Gasteiger partial charge in [0.15, 0.2) is 0 Å². The van der Waals surface area contributed by atoms with Crippen molar-refractivity contribution in [3.63, 3.8) is 0 Å². The van der Waals surface area contributed by atoms with Crippen molar-refractivity contribution >= 4 is 39.1 Å². The molecule has 7 nitrogen and oxygen atoms in total. The van der Waals surface area contributed by atoms with Crippen molar-refractivity contribution in [2.24, 2.45) is 0 Å². The first-order valence-corrected chi connectivity index (χ1v) is 11.0. The maximum absolute atomic E-state index is 13.4. The minimum atomic E-state index is -0.348. The molecule has 4 rings (SSSR count). The summed E-state index contributed by atoms with van der Waals surface area (Å²) in [6, 6.07) is 5.92. The Hall–Kier alpha value is -2.43. The summed E-state index contributed by atoms with van der Waals surface area (Å²) in [5.41, 5.74) is 0.997. The first kappa shape index (κ1) is 20.8. The predicted octanol–water partition coefficient (Wildman–Crippen LogP) is 3.71. The molecule has 1 amide bonds. The summed E-state index contributed by atoms with van der Waals surface area (Å²) in [7, 11) is 0. The number of nitrogens with one attached hydrogen (secondary N) is 1. The van der Waals surface area contributed by atoms with Crippen LogP contribution in [0.2, 0.25) is 0 Å². The van der Waals surface area contributed by atoms with E-state index in [1.54, 1.807) is 29.4 Å². The fourth-order valence-electron chi connectivity index (χ4n) is 3.44. The summed E-state index contributed by atoms with van der Waals surface area (Å²) < 4.78 is 14.1. The van der Waals surface area contributed by atoms with Crippen molar-refractivity contribution in [3.8, 4) is 10.4 Å². The van der Waals surface area contributed by atoms with Gasteiger partial charge in [-0.2, -0.15) is 0 Å². The molecule has 1 saturated heterocycles. The molecular formula is C20H19BrFN5O2S. The van der Waals surface area contributed by atoms with Crippen molar-refractivity contribution in [2.75, 3.05) is 18.4 Å². The highest BCUT2D eigenvalue weighted by molar-refractivity contribution is 9.10. The molecular weight excluding hydrogens is 473 g/mol. The number of hydrogen-bond donors (Lipinski definition) is 2. The lowest BCUT2D eigenvalue weighted by molar-refractivity contribution is 0.0739. The van der Waals surface area contributed by atoms with E-state index >= 15 is 0 Å². The number of halogens is 2. The average Bonchev–Trinajstić information content (AvgIpc) is 3.40. The highest BCUT2D eigenvalue weighted by Gasteiger charge is 2.32. The molecule has 1 aliphatic heterocycles. The van der Waals surface area contributed by atoms with Gasteiger partial charge >= 0.3 is 0 Å². The Balaban J connectivity index is 1.54. The van der Waals surface area contributed by atoms with E-state index in [2.05, 4.69) is 36.2 Å². The lowest BCUT2D eigenvalue weighted by atomic mass is 10.1. The second kappa shape index (κ2) is 9.15. The zero-order chi connectivity index (χ0) is 21.1. The number of aliphatic hydroxyl groups excluding tert-OH is 1. The Morgan fingerprint density at radius 2 is 2.03 bits per heavy atom. The maximum Gasteiger partial charge on any atom is 0.274 e. The van der Waals surface area contributed by atoms with E-state index < -0.39 is 0 Å². The van der Waals surface area contributed by atoms with Gasteiger partial charge in [0.1, 0.15) is 16.5 Å². The van der Waals surface area contributed by atoms with Gasteiger partial charge in [0.25, 0.3) is 5.91 Å². The maximum atomic E-state index is 13.4.